The third-order valence-electron chi connectivity index (χ3n) is 2.60. The number of nitrogens with one attached hydrogen (secondary N) is 2. The first-order valence-corrected chi connectivity index (χ1v) is 8.00. The smallest absolute Gasteiger partial charge is 0.321 e. The lowest BCUT2D eigenvalue weighted by Crippen LogP contribution is -2.40. The van der Waals surface area contributed by atoms with Gasteiger partial charge in [-0.05, 0) is 30.5 Å². The Balaban J connectivity index is 2.30. The van der Waals surface area contributed by atoms with Crippen molar-refractivity contribution in [1.29, 1.82) is 0 Å². The van der Waals surface area contributed by atoms with E-state index in [0.717, 1.165) is 11.3 Å². The molecular formula is C14H20ClN3O2S. The van der Waals surface area contributed by atoms with Crippen LogP contribution in [0, 0.1) is 5.92 Å². The van der Waals surface area contributed by atoms with E-state index >= 15 is 0 Å². The molecule has 0 aromatic heterocycles. The van der Waals surface area contributed by atoms with Gasteiger partial charge in [-0.15, -0.1) is 11.8 Å². The average Bonchev–Trinajstić information content (AvgIpc) is 2.39. The van der Waals surface area contributed by atoms with Crippen molar-refractivity contribution >= 4 is 41.0 Å². The Morgan fingerprint density at radius 3 is 2.71 bits per heavy atom. The minimum absolute atomic E-state index is 0.137. The number of benzene rings is 1. The van der Waals surface area contributed by atoms with Gasteiger partial charge < -0.3 is 11.1 Å². The molecule has 116 valence electrons. The largest absolute Gasteiger partial charge is 0.398 e. The Hall–Kier alpha value is -1.40. The van der Waals surface area contributed by atoms with E-state index in [4.69, 9.17) is 17.3 Å². The number of nitrogens with two attached hydrogens (primary N) is 1. The number of amides is 3. The molecule has 0 spiro atoms. The van der Waals surface area contributed by atoms with Gasteiger partial charge in [-0.1, -0.05) is 25.4 Å². The molecule has 0 aliphatic rings. The Bertz CT molecular complexity index is 509. The lowest BCUT2D eigenvalue weighted by atomic mass is 10.1. The van der Waals surface area contributed by atoms with Crippen LogP contribution in [0.5, 0.6) is 0 Å². The third kappa shape index (κ3) is 7.24. The van der Waals surface area contributed by atoms with Crippen molar-refractivity contribution in [3.63, 3.8) is 0 Å². The van der Waals surface area contributed by atoms with Crippen LogP contribution in [-0.2, 0) is 4.79 Å². The van der Waals surface area contributed by atoms with Gasteiger partial charge in [-0.25, -0.2) is 4.79 Å². The highest BCUT2D eigenvalue weighted by atomic mass is 35.5. The number of thioether (sulfide) groups is 1. The number of carbonyl (C=O) groups is 2. The first kappa shape index (κ1) is 17.7. The molecule has 0 saturated carbocycles. The van der Waals surface area contributed by atoms with Gasteiger partial charge in [0.25, 0.3) is 0 Å². The van der Waals surface area contributed by atoms with Crippen molar-refractivity contribution in [3.8, 4) is 0 Å². The molecule has 7 heteroatoms. The number of carbonyl (C=O) groups excluding carboxylic acids is 2. The highest BCUT2D eigenvalue weighted by Gasteiger charge is 2.08. The Labute approximate surface area is 134 Å². The summed E-state index contributed by atoms with van der Waals surface area (Å²) in [6.07, 6.45) is 0.875. The molecule has 0 saturated heterocycles. The topological polar surface area (TPSA) is 84.2 Å². The van der Waals surface area contributed by atoms with Crippen LogP contribution >= 0.6 is 23.4 Å². The Morgan fingerprint density at radius 2 is 2.10 bits per heavy atom. The molecule has 0 fully saturated rings. The molecule has 0 atom stereocenters. The zero-order valence-electron chi connectivity index (χ0n) is 12.1. The van der Waals surface area contributed by atoms with E-state index in [0.29, 0.717) is 23.2 Å². The zero-order valence-corrected chi connectivity index (χ0v) is 13.7. The number of rotatable bonds is 6. The van der Waals surface area contributed by atoms with Gasteiger partial charge in [0.2, 0.25) is 5.91 Å². The Kier molecular flexibility index (Phi) is 7.39. The second-order valence-corrected chi connectivity index (χ2v) is 6.41. The predicted molar refractivity (Wildman–Crippen MR) is 87.6 cm³/mol. The van der Waals surface area contributed by atoms with Crippen molar-refractivity contribution < 1.29 is 9.59 Å². The van der Waals surface area contributed by atoms with Gasteiger partial charge in [0, 0.05) is 11.4 Å². The fourth-order valence-electron chi connectivity index (χ4n) is 1.43. The molecule has 0 aliphatic carbocycles. The van der Waals surface area contributed by atoms with Gasteiger partial charge in [-0.3, -0.25) is 10.1 Å². The van der Waals surface area contributed by atoms with Gasteiger partial charge in [0.05, 0.1) is 16.5 Å². The van der Waals surface area contributed by atoms with E-state index in [1.165, 1.54) is 11.8 Å². The molecule has 0 bridgehead atoms. The van der Waals surface area contributed by atoms with Gasteiger partial charge in [0.15, 0.2) is 0 Å². The lowest BCUT2D eigenvalue weighted by molar-refractivity contribution is -0.117. The second kappa shape index (κ2) is 8.79. The molecule has 0 heterocycles. The minimum atomic E-state index is -0.461. The van der Waals surface area contributed by atoms with E-state index in [9.17, 15) is 9.59 Å². The van der Waals surface area contributed by atoms with Crippen LogP contribution in [0.2, 0.25) is 5.02 Å². The van der Waals surface area contributed by atoms with Crippen LogP contribution in [-0.4, -0.2) is 24.2 Å². The van der Waals surface area contributed by atoms with Crippen LogP contribution in [0.25, 0.3) is 0 Å². The first-order valence-electron chi connectivity index (χ1n) is 6.64. The fourth-order valence-corrected chi connectivity index (χ4v) is 2.41. The molecule has 0 unspecified atom stereocenters. The number of anilines is 1. The third-order valence-corrected chi connectivity index (χ3v) is 3.92. The Morgan fingerprint density at radius 1 is 1.38 bits per heavy atom. The van der Waals surface area contributed by atoms with E-state index in [1.54, 1.807) is 18.2 Å². The van der Waals surface area contributed by atoms with Gasteiger partial charge >= 0.3 is 6.03 Å². The molecule has 5 nitrogen and oxygen atoms in total. The number of imide groups is 1. The van der Waals surface area contributed by atoms with E-state index in [1.807, 2.05) is 0 Å². The van der Waals surface area contributed by atoms with Crippen molar-refractivity contribution in [2.24, 2.45) is 5.92 Å². The normalized spacial score (nSPS) is 10.5. The van der Waals surface area contributed by atoms with Crippen LogP contribution < -0.4 is 16.4 Å². The molecule has 3 amide bonds. The van der Waals surface area contributed by atoms with Crippen LogP contribution in [0.4, 0.5) is 10.5 Å². The van der Waals surface area contributed by atoms with Crippen LogP contribution in [0.3, 0.4) is 0 Å². The van der Waals surface area contributed by atoms with Crippen molar-refractivity contribution in [1.82, 2.24) is 10.6 Å². The summed E-state index contributed by atoms with van der Waals surface area (Å²) >= 11 is 7.18. The minimum Gasteiger partial charge on any atom is -0.398 e. The molecular weight excluding hydrogens is 310 g/mol. The maximum Gasteiger partial charge on any atom is 0.321 e. The second-order valence-electron chi connectivity index (χ2n) is 4.96. The summed E-state index contributed by atoms with van der Waals surface area (Å²) in [7, 11) is 0. The molecule has 1 aromatic rings. The highest BCUT2D eigenvalue weighted by Crippen LogP contribution is 2.26. The summed E-state index contributed by atoms with van der Waals surface area (Å²) in [5, 5.41) is 5.38. The van der Waals surface area contributed by atoms with Gasteiger partial charge in [-0.2, -0.15) is 0 Å². The summed E-state index contributed by atoms with van der Waals surface area (Å²) in [5.41, 5.74) is 6.10. The molecule has 21 heavy (non-hydrogen) atoms. The van der Waals surface area contributed by atoms with Crippen molar-refractivity contribution in [3.05, 3.63) is 23.2 Å². The number of hydrogen-bond donors (Lipinski definition) is 3. The quantitative estimate of drug-likeness (QED) is 0.553. The van der Waals surface area contributed by atoms with Crippen LogP contribution in [0.15, 0.2) is 23.1 Å². The lowest BCUT2D eigenvalue weighted by Gasteiger charge is -2.08. The number of halogens is 1. The SMILES string of the molecule is CC(C)CCNC(=O)NC(=O)CSc1ccc(N)c(Cl)c1. The van der Waals surface area contributed by atoms with Crippen LogP contribution in [0.1, 0.15) is 20.3 Å². The molecule has 1 aromatic carbocycles. The highest BCUT2D eigenvalue weighted by molar-refractivity contribution is 8.00. The summed E-state index contributed by atoms with van der Waals surface area (Å²) in [6.45, 7) is 4.69. The van der Waals surface area contributed by atoms with E-state index in [2.05, 4.69) is 24.5 Å². The van der Waals surface area contributed by atoms with E-state index in [-0.39, 0.29) is 11.7 Å². The first-order chi connectivity index (χ1) is 9.88. The monoisotopic (exact) mass is 329 g/mol. The summed E-state index contributed by atoms with van der Waals surface area (Å²) in [4.78, 5) is 23.9. The molecule has 0 aliphatic heterocycles. The van der Waals surface area contributed by atoms with Gasteiger partial charge in [0.1, 0.15) is 0 Å². The summed E-state index contributed by atoms with van der Waals surface area (Å²) in [6, 6.07) is 4.69. The van der Waals surface area contributed by atoms with E-state index < -0.39 is 6.03 Å². The summed E-state index contributed by atoms with van der Waals surface area (Å²) in [5.74, 6) is 0.291. The van der Waals surface area contributed by atoms with Crippen molar-refractivity contribution in [2.75, 3.05) is 18.0 Å². The standard InChI is InChI=1S/C14H20ClN3O2S/c1-9(2)5-6-17-14(20)18-13(19)8-21-10-3-4-12(16)11(15)7-10/h3-4,7,9H,5-6,8,16H2,1-2H3,(H2,17,18,19,20). The number of nitrogen functional groups attached to an aromatic ring is 1. The maximum atomic E-state index is 11.6. The van der Waals surface area contributed by atoms with Crippen molar-refractivity contribution in [2.45, 2.75) is 25.2 Å². The molecule has 0 radical (unpaired) electrons. The zero-order chi connectivity index (χ0) is 15.8. The summed E-state index contributed by atoms with van der Waals surface area (Å²) < 4.78 is 0. The molecule has 1 rings (SSSR count). The predicted octanol–water partition coefficient (Wildman–Crippen LogP) is 2.89. The maximum absolute atomic E-state index is 11.6. The molecule has 4 N–H and O–H groups in total. The average molecular weight is 330 g/mol. The number of urea groups is 1. The number of hydrogen-bond acceptors (Lipinski definition) is 4. The fraction of sp³-hybridized carbons (Fsp3) is 0.429.